The maximum Gasteiger partial charge on any atom is 0.330 e. The number of hydrogen-bond acceptors (Lipinski definition) is 5. The van der Waals surface area contributed by atoms with Crippen LogP contribution in [0.3, 0.4) is 0 Å². The predicted octanol–water partition coefficient (Wildman–Crippen LogP) is 5.11. The second-order valence-corrected chi connectivity index (χ2v) is 6.11. The summed E-state index contributed by atoms with van der Waals surface area (Å²) in [6, 6.07) is 0. The van der Waals surface area contributed by atoms with E-state index in [1.54, 1.807) is 6.92 Å². The molecule has 1 N–H and O–H groups in total. The van der Waals surface area contributed by atoms with Gasteiger partial charge in [-0.3, -0.25) is 9.59 Å². The van der Waals surface area contributed by atoms with Gasteiger partial charge < -0.3 is 14.6 Å². The highest BCUT2D eigenvalue weighted by Crippen LogP contribution is 2.44. The Bertz CT molecular complexity index is 422. The minimum atomic E-state index is -0.646. The van der Waals surface area contributed by atoms with Crippen LogP contribution in [0.25, 0.3) is 0 Å². The Kier molecular flexibility index (Phi) is 20.9. The van der Waals surface area contributed by atoms with E-state index < -0.39 is 17.4 Å². The third kappa shape index (κ3) is 13.4. The zero-order valence-electron chi connectivity index (χ0n) is 13.8. The highest BCUT2D eigenvalue weighted by molar-refractivity contribution is 5.81. The topological polar surface area (TPSA) is 89.9 Å². The first-order chi connectivity index (χ1) is 10.1. The first-order valence-electron chi connectivity index (χ1n) is 7.29. The normalized spacial score (nSPS) is 12.6. The number of aliphatic carboxylic acids is 1. The highest BCUT2D eigenvalue weighted by atomic mass is 16.6. The van der Waals surface area contributed by atoms with Crippen LogP contribution >= 0.6 is 0 Å². The molecule has 0 amide bonds. The summed E-state index contributed by atoms with van der Waals surface area (Å²) in [7, 11) is 0. The van der Waals surface area contributed by atoms with Crippen molar-refractivity contribution >= 4 is 17.9 Å². The second-order valence-electron chi connectivity index (χ2n) is 6.11. The molecule has 26 heavy (non-hydrogen) atoms. The van der Waals surface area contributed by atoms with Crippen LogP contribution in [0.1, 0.15) is 76.7 Å². The fourth-order valence-corrected chi connectivity index (χ4v) is 1.08. The third-order valence-electron chi connectivity index (χ3n) is 3.68. The summed E-state index contributed by atoms with van der Waals surface area (Å²) in [6.45, 7) is 10.7. The Balaban J connectivity index is -0.000000115. The third-order valence-corrected chi connectivity index (χ3v) is 3.68. The Morgan fingerprint density at radius 1 is 1.08 bits per heavy atom. The average molecular weight is 379 g/mol. The molecule has 0 aromatic rings. The summed E-state index contributed by atoms with van der Waals surface area (Å²) in [6.07, 6.45) is 3.50. The number of carbonyl (C=O) groups excluding carboxylic acids is 2. The Morgan fingerprint density at radius 3 is 1.77 bits per heavy atom. The Hall–Kier alpha value is -1.85. The van der Waals surface area contributed by atoms with Gasteiger partial charge >= 0.3 is 17.9 Å². The number of ether oxygens (including phenoxy) is 2. The zero-order valence-corrected chi connectivity index (χ0v) is 13.8. The molecule has 1 rings (SSSR count). The summed E-state index contributed by atoms with van der Waals surface area (Å²) >= 11 is 0. The summed E-state index contributed by atoms with van der Waals surface area (Å²) < 4.78 is 9.60. The van der Waals surface area contributed by atoms with Crippen LogP contribution in [0.15, 0.2) is 12.7 Å². The Labute approximate surface area is 161 Å². The van der Waals surface area contributed by atoms with Crippen molar-refractivity contribution in [2.45, 2.75) is 76.7 Å². The van der Waals surface area contributed by atoms with E-state index in [4.69, 9.17) is 9.84 Å². The first-order valence-corrected chi connectivity index (χ1v) is 7.29. The van der Waals surface area contributed by atoms with Gasteiger partial charge in [-0.1, -0.05) is 43.2 Å². The number of carboxylic acid groups (broad SMARTS) is 1. The predicted molar refractivity (Wildman–Crippen MR) is 108 cm³/mol. The molecule has 158 valence electrons. The molecular weight excluding hydrogens is 336 g/mol. The van der Waals surface area contributed by atoms with Crippen molar-refractivity contribution in [1.82, 2.24) is 0 Å². The van der Waals surface area contributed by atoms with Gasteiger partial charge in [0.15, 0.2) is 0 Å². The van der Waals surface area contributed by atoms with E-state index in [2.05, 4.69) is 11.3 Å². The van der Waals surface area contributed by atoms with E-state index in [9.17, 15) is 14.4 Å². The van der Waals surface area contributed by atoms with Crippen LogP contribution in [0.2, 0.25) is 0 Å². The van der Waals surface area contributed by atoms with Crippen molar-refractivity contribution in [3.05, 3.63) is 12.7 Å². The molecule has 6 nitrogen and oxygen atoms in total. The van der Waals surface area contributed by atoms with Gasteiger partial charge in [0.2, 0.25) is 0 Å². The summed E-state index contributed by atoms with van der Waals surface area (Å²) in [5.74, 6) is -1.44. The lowest BCUT2D eigenvalue weighted by Gasteiger charge is -2.20. The number of hydrogen-bond donors (Lipinski definition) is 1. The minimum absolute atomic E-state index is 0. The Morgan fingerprint density at radius 2 is 1.50 bits per heavy atom. The molecular formula is C20H42O6. The molecule has 0 heterocycles. The van der Waals surface area contributed by atoms with Gasteiger partial charge in [-0.05, 0) is 40.0 Å². The van der Waals surface area contributed by atoms with Gasteiger partial charge in [-0.25, -0.2) is 4.79 Å². The van der Waals surface area contributed by atoms with Crippen molar-refractivity contribution in [2.24, 2.45) is 10.8 Å². The van der Waals surface area contributed by atoms with Crippen LogP contribution in [-0.2, 0) is 23.9 Å². The summed E-state index contributed by atoms with van der Waals surface area (Å²) in [4.78, 5) is 32.1. The SMILES string of the molecule is C.C.C.C.C=CC(=O)OCCOC(=O)C(C)(C)CC.CC1(C(=O)O)CC1. The largest absolute Gasteiger partial charge is 0.481 e. The van der Waals surface area contributed by atoms with Crippen molar-refractivity contribution in [3.8, 4) is 0 Å². The smallest absolute Gasteiger partial charge is 0.330 e. The number of esters is 2. The molecule has 0 saturated heterocycles. The molecule has 1 fully saturated rings. The molecule has 0 aromatic heterocycles. The maximum atomic E-state index is 11.4. The molecule has 0 unspecified atom stereocenters. The van der Waals surface area contributed by atoms with Crippen LogP contribution in [0.5, 0.6) is 0 Å². The van der Waals surface area contributed by atoms with Crippen LogP contribution in [-0.4, -0.2) is 36.2 Å². The standard InChI is InChI=1S/C11H18O4.C5H8O2.4CH4/c1-5-9(12)14-7-8-15-10(13)11(3,4)6-2;1-5(2-3-5)4(6)7;;;;/h5H,1,6-8H2,2-4H3;2-3H2,1H3,(H,6,7);4*1H4. The van der Waals surface area contributed by atoms with Gasteiger partial charge in [0.05, 0.1) is 10.8 Å². The quantitative estimate of drug-likeness (QED) is 0.376. The van der Waals surface area contributed by atoms with E-state index in [-0.39, 0.29) is 54.3 Å². The van der Waals surface area contributed by atoms with Crippen molar-refractivity contribution in [2.75, 3.05) is 13.2 Å². The van der Waals surface area contributed by atoms with Gasteiger partial charge in [0, 0.05) is 6.08 Å². The lowest BCUT2D eigenvalue weighted by Crippen LogP contribution is -2.27. The monoisotopic (exact) mass is 378 g/mol. The lowest BCUT2D eigenvalue weighted by molar-refractivity contribution is -0.157. The van der Waals surface area contributed by atoms with Crippen LogP contribution in [0, 0.1) is 10.8 Å². The number of carboxylic acids is 1. The average Bonchev–Trinajstić information content (AvgIpc) is 3.23. The van der Waals surface area contributed by atoms with Crippen molar-refractivity contribution in [1.29, 1.82) is 0 Å². The zero-order chi connectivity index (χ0) is 17.4. The fraction of sp³-hybridized carbons (Fsp3) is 0.750. The molecule has 1 aliphatic rings. The van der Waals surface area contributed by atoms with Crippen LogP contribution in [0.4, 0.5) is 0 Å². The van der Waals surface area contributed by atoms with E-state index in [0.29, 0.717) is 6.42 Å². The van der Waals surface area contributed by atoms with E-state index in [0.717, 1.165) is 18.9 Å². The molecule has 0 aliphatic heterocycles. The van der Waals surface area contributed by atoms with Gasteiger partial charge in [0.25, 0.3) is 0 Å². The fourth-order valence-electron chi connectivity index (χ4n) is 1.08. The van der Waals surface area contributed by atoms with Crippen LogP contribution < -0.4 is 0 Å². The molecule has 0 aromatic carbocycles. The van der Waals surface area contributed by atoms with Gasteiger partial charge in [-0.15, -0.1) is 0 Å². The maximum absolute atomic E-state index is 11.4. The molecule has 0 spiro atoms. The molecule has 1 saturated carbocycles. The van der Waals surface area contributed by atoms with Gasteiger partial charge in [0.1, 0.15) is 13.2 Å². The number of rotatable bonds is 7. The number of carbonyl (C=O) groups is 3. The van der Waals surface area contributed by atoms with E-state index in [1.165, 1.54) is 0 Å². The second kappa shape index (κ2) is 15.4. The molecule has 0 radical (unpaired) electrons. The van der Waals surface area contributed by atoms with E-state index in [1.807, 2.05) is 20.8 Å². The lowest BCUT2D eigenvalue weighted by atomic mass is 9.91. The van der Waals surface area contributed by atoms with Crippen molar-refractivity contribution < 1.29 is 29.0 Å². The highest BCUT2D eigenvalue weighted by Gasteiger charge is 2.44. The molecule has 0 atom stereocenters. The molecule has 1 aliphatic carbocycles. The minimum Gasteiger partial charge on any atom is -0.481 e. The molecule has 0 bridgehead atoms. The molecule has 6 heteroatoms. The van der Waals surface area contributed by atoms with E-state index >= 15 is 0 Å². The summed E-state index contributed by atoms with van der Waals surface area (Å²) in [5.41, 5.74) is -0.817. The summed E-state index contributed by atoms with van der Waals surface area (Å²) in [5, 5.41) is 8.31. The van der Waals surface area contributed by atoms with Crippen molar-refractivity contribution in [3.63, 3.8) is 0 Å². The van der Waals surface area contributed by atoms with Gasteiger partial charge in [-0.2, -0.15) is 0 Å². The first kappa shape index (κ1) is 35.3.